The number of anilines is 1. The first-order chi connectivity index (χ1) is 16.7. The number of aryl methyl sites for hydroxylation is 3. The number of urea groups is 1. The van der Waals surface area contributed by atoms with E-state index in [0.29, 0.717) is 38.5 Å². The summed E-state index contributed by atoms with van der Waals surface area (Å²) in [5.74, 6) is -0.291. The number of nitrogens with one attached hydrogen (secondary N) is 1. The van der Waals surface area contributed by atoms with Crippen LogP contribution in [-0.2, 0) is 16.0 Å². The van der Waals surface area contributed by atoms with Crippen LogP contribution in [0.3, 0.4) is 0 Å². The molecule has 0 saturated carbocycles. The quantitative estimate of drug-likeness (QED) is 0.334. The van der Waals surface area contributed by atoms with Gasteiger partial charge in [-0.15, -0.1) is 0 Å². The van der Waals surface area contributed by atoms with Crippen molar-refractivity contribution in [3.05, 3.63) is 58.7 Å². The van der Waals surface area contributed by atoms with Gasteiger partial charge in [0.15, 0.2) is 6.10 Å². The van der Waals surface area contributed by atoms with Crippen molar-refractivity contribution in [2.75, 3.05) is 31.6 Å². The Bertz CT molecular complexity index is 959. The lowest BCUT2D eigenvalue weighted by Gasteiger charge is -2.24. The third kappa shape index (κ3) is 9.25. The molecule has 35 heavy (non-hydrogen) atoms. The molecule has 2 aromatic carbocycles. The molecule has 0 aliphatic rings. The Hall–Kier alpha value is -3.06. The highest BCUT2D eigenvalue weighted by atomic mass is 16.5. The van der Waals surface area contributed by atoms with E-state index in [9.17, 15) is 14.7 Å². The van der Waals surface area contributed by atoms with E-state index in [0.717, 1.165) is 41.6 Å². The van der Waals surface area contributed by atoms with Crippen molar-refractivity contribution in [2.24, 2.45) is 0 Å². The van der Waals surface area contributed by atoms with E-state index in [1.54, 1.807) is 11.8 Å². The average Bonchev–Trinajstić information content (AvgIpc) is 2.82. The monoisotopic (exact) mass is 484 g/mol. The van der Waals surface area contributed by atoms with Gasteiger partial charge in [-0.05, 0) is 74.6 Å². The van der Waals surface area contributed by atoms with Crippen LogP contribution < -0.4 is 10.1 Å². The minimum Gasteiger partial charge on any atom is -0.492 e. The summed E-state index contributed by atoms with van der Waals surface area (Å²) in [6.07, 6.45) is 2.53. The van der Waals surface area contributed by atoms with Crippen LogP contribution in [0.5, 0.6) is 5.75 Å². The number of rotatable bonds is 14. The van der Waals surface area contributed by atoms with Crippen molar-refractivity contribution in [1.29, 1.82) is 0 Å². The van der Waals surface area contributed by atoms with Gasteiger partial charge in [0.2, 0.25) is 0 Å². The standard InChI is InChI=1S/C28H40N2O5/c1-6-8-9-14-30(28(33)29-25-18-21(4)20(3)17-22(25)5)15-16-35-24-12-10-23(11-13-24)19-26(27(31)32)34-7-2/h10-13,17-18,26H,6-9,14-16,19H2,1-5H3,(H,29,33)(H,31,32). The molecule has 7 heteroatoms. The lowest BCUT2D eigenvalue weighted by molar-refractivity contribution is -0.149. The molecule has 0 bridgehead atoms. The molecular weight excluding hydrogens is 444 g/mol. The van der Waals surface area contributed by atoms with Crippen molar-refractivity contribution in [2.45, 2.75) is 66.4 Å². The van der Waals surface area contributed by atoms with E-state index in [4.69, 9.17) is 9.47 Å². The Kier molecular flexibility index (Phi) is 11.6. The second-order valence-corrected chi connectivity index (χ2v) is 8.85. The van der Waals surface area contributed by atoms with E-state index in [1.807, 2.05) is 44.2 Å². The SMILES string of the molecule is CCCCCN(CCOc1ccc(CC(OCC)C(=O)O)cc1)C(=O)Nc1cc(C)c(C)cc1C. The number of carboxylic acids is 1. The Morgan fingerprint density at radius 1 is 0.971 bits per heavy atom. The number of amides is 2. The van der Waals surface area contributed by atoms with E-state index in [2.05, 4.69) is 25.2 Å². The molecule has 0 aromatic heterocycles. The number of carbonyl (C=O) groups is 2. The van der Waals surface area contributed by atoms with Gasteiger partial charge in [0.25, 0.3) is 0 Å². The fourth-order valence-corrected chi connectivity index (χ4v) is 3.79. The van der Waals surface area contributed by atoms with Gasteiger partial charge in [0.05, 0.1) is 6.54 Å². The van der Waals surface area contributed by atoms with Crippen molar-refractivity contribution in [1.82, 2.24) is 4.90 Å². The molecule has 0 fully saturated rings. The normalized spacial score (nSPS) is 11.7. The lowest BCUT2D eigenvalue weighted by atomic mass is 10.1. The van der Waals surface area contributed by atoms with Crippen LogP contribution in [0.1, 0.15) is 55.4 Å². The van der Waals surface area contributed by atoms with E-state index in [1.165, 1.54) is 5.56 Å². The topological polar surface area (TPSA) is 88.1 Å². The van der Waals surface area contributed by atoms with Crippen LogP contribution in [0.25, 0.3) is 0 Å². The van der Waals surface area contributed by atoms with E-state index in [-0.39, 0.29) is 6.03 Å². The number of nitrogens with zero attached hydrogens (tertiary/aromatic N) is 1. The highest BCUT2D eigenvalue weighted by Crippen LogP contribution is 2.21. The minimum atomic E-state index is -0.968. The predicted molar refractivity (Wildman–Crippen MR) is 139 cm³/mol. The van der Waals surface area contributed by atoms with Crippen molar-refractivity contribution in [3.8, 4) is 5.75 Å². The summed E-state index contributed by atoms with van der Waals surface area (Å²) in [5, 5.41) is 12.3. The summed E-state index contributed by atoms with van der Waals surface area (Å²) < 4.78 is 11.2. The maximum atomic E-state index is 13.1. The van der Waals surface area contributed by atoms with Gasteiger partial charge in [0.1, 0.15) is 12.4 Å². The zero-order valence-corrected chi connectivity index (χ0v) is 21.7. The van der Waals surface area contributed by atoms with Crippen LogP contribution in [-0.4, -0.2) is 54.4 Å². The third-order valence-corrected chi connectivity index (χ3v) is 6.02. The number of aliphatic carboxylic acids is 1. The summed E-state index contributed by atoms with van der Waals surface area (Å²) in [7, 11) is 0. The van der Waals surface area contributed by atoms with Crippen molar-refractivity contribution < 1.29 is 24.2 Å². The highest BCUT2D eigenvalue weighted by molar-refractivity contribution is 5.90. The summed E-state index contributed by atoms with van der Waals surface area (Å²) in [5.41, 5.74) is 5.09. The maximum absolute atomic E-state index is 13.1. The zero-order chi connectivity index (χ0) is 25.8. The number of unbranched alkanes of at least 4 members (excludes halogenated alkanes) is 2. The molecule has 0 heterocycles. The van der Waals surface area contributed by atoms with Gasteiger partial charge < -0.3 is 24.8 Å². The number of carboxylic acid groups (broad SMARTS) is 1. The van der Waals surface area contributed by atoms with Crippen LogP contribution in [0.15, 0.2) is 36.4 Å². The summed E-state index contributed by atoms with van der Waals surface area (Å²) in [6.45, 7) is 11.9. The minimum absolute atomic E-state index is 0.123. The maximum Gasteiger partial charge on any atom is 0.333 e. The Balaban J connectivity index is 1.95. The average molecular weight is 485 g/mol. The fourth-order valence-electron chi connectivity index (χ4n) is 3.79. The summed E-state index contributed by atoms with van der Waals surface area (Å²) in [4.78, 5) is 26.2. The number of ether oxygens (including phenoxy) is 2. The highest BCUT2D eigenvalue weighted by Gasteiger charge is 2.18. The molecule has 1 unspecified atom stereocenters. The number of carbonyl (C=O) groups excluding carboxylic acids is 1. The van der Waals surface area contributed by atoms with Gasteiger partial charge in [-0.25, -0.2) is 9.59 Å². The summed E-state index contributed by atoms with van der Waals surface area (Å²) >= 11 is 0. The van der Waals surface area contributed by atoms with Gasteiger partial charge in [-0.1, -0.05) is 38.0 Å². The van der Waals surface area contributed by atoms with Crippen LogP contribution in [0, 0.1) is 20.8 Å². The number of hydrogen-bond donors (Lipinski definition) is 2. The molecule has 0 spiro atoms. The van der Waals surface area contributed by atoms with Gasteiger partial charge in [-0.3, -0.25) is 0 Å². The molecule has 7 nitrogen and oxygen atoms in total. The van der Waals surface area contributed by atoms with E-state index >= 15 is 0 Å². The molecule has 2 rings (SSSR count). The molecule has 1 atom stereocenters. The van der Waals surface area contributed by atoms with Crippen molar-refractivity contribution >= 4 is 17.7 Å². The molecule has 2 aromatic rings. The van der Waals surface area contributed by atoms with Crippen LogP contribution in [0.2, 0.25) is 0 Å². The molecule has 2 N–H and O–H groups in total. The molecular formula is C28H40N2O5. The molecule has 192 valence electrons. The molecule has 2 amide bonds. The Morgan fingerprint density at radius 2 is 1.66 bits per heavy atom. The molecule has 0 aliphatic heterocycles. The van der Waals surface area contributed by atoms with Crippen molar-refractivity contribution in [3.63, 3.8) is 0 Å². The number of hydrogen-bond acceptors (Lipinski definition) is 4. The van der Waals surface area contributed by atoms with Gasteiger partial charge in [-0.2, -0.15) is 0 Å². The molecule has 0 radical (unpaired) electrons. The Labute approximate surface area is 209 Å². The number of benzene rings is 2. The molecule has 0 saturated heterocycles. The Morgan fingerprint density at radius 3 is 2.29 bits per heavy atom. The smallest absolute Gasteiger partial charge is 0.333 e. The largest absolute Gasteiger partial charge is 0.492 e. The first-order valence-corrected chi connectivity index (χ1v) is 12.4. The van der Waals surface area contributed by atoms with Crippen LogP contribution >= 0.6 is 0 Å². The second kappa shape index (κ2) is 14.4. The lowest BCUT2D eigenvalue weighted by Crippen LogP contribution is -2.38. The van der Waals surface area contributed by atoms with Crippen LogP contribution in [0.4, 0.5) is 10.5 Å². The zero-order valence-electron chi connectivity index (χ0n) is 21.7. The molecule has 0 aliphatic carbocycles. The first-order valence-electron chi connectivity index (χ1n) is 12.4. The third-order valence-electron chi connectivity index (χ3n) is 6.02. The summed E-state index contributed by atoms with van der Waals surface area (Å²) in [6, 6.07) is 11.3. The predicted octanol–water partition coefficient (Wildman–Crippen LogP) is 5.75. The van der Waals surface area contributed by atoms with Gasteiger partial charge in [0, 0.05) is 25.3 Å². The fraction of sp³-hybridized carbons (Fsp3) is 0.500. The first kappa shape index (κ1) is 28.2. The second-order valence-electron chi connectivity index (χ2n) is 8.85. The van der Waals surface area contributed by atoms with E-state index < -0.39 is 12.1 Å². The van der Waals surface area contributed by atoms with Gasteiger partial charge >= 0.3 is 12.0 Å².